The molecular formula is C15H17ClF2N2O. The lowest BCUT2D eigenvalue weighted by Crippen LogP contribution is -2.39. The van der Waals surface area contributed by atoms with Gasteiger partial charge in [-0.1, -0.05) is 11.6 Å². The Morgan fingerprint density at radius 1 is 1.19 bits per heavy atom. The van der Waals surface area contributed by atoms with Crippen LogP contribution in [0.1, 0.15) is 29.6 Å². The number of likely N-dealkylation sites (N-methyl/N-ethyl adjacent to an activating group) is 1. The van der Waals surface area contributed by atoms with Crippen molar-refractivity contribution < 1.29 is 13.6 Å². The van der Waals surface area contributed by atoms with E-state index >= 15 is 0 Å². The second-order valence-corrected chi connectivity index (χ2v) is 6.24. The van der Waals surface area contributed by atoms with Gasteiger partial charge in [-0.15, -0.1) is 0 Å². The SMILES string of the molecule is CN1[C@H]2CC[C@@H]1CN(C(=O)c1cc(F)c(F)cc1Cl)CC2. The van der Waals surface area contributed by atoms with E-state index in [9.17, 15) is 13.6 Å². The van der Waals surface area contributed by atoms with Crippen LogP contribution in [0.2, 0.25) is 5.02 Å². The molecule has 1 aromatic carbocycles. The van der Waals surface area contributed by atoms with Gasteiger partial charge in [-0.2, -0.15) is 0 Å². The summed E-state index contributed by atoms with van der Waals surface area (Å²) >= 11 is 5.90. The zero-order chi connectivity index (χ0) is 15.1. The summed E-state index contributed by atoms with van der Waals surface area (Å²) in [5, 5.41) is -0.0401. The van der Waals surface area contributed by atoms with E-state index in [1.54, 1.807) is 4.90 Å². The van der Waals surface area contributed by atoms with Crippen LogP contribution in [-0.2, 0) is 0 Å². The van der Waals surface area contributed by atoms with E-state index in [4.69, 9.17) is 11.6 Å². The van der Waals surface area contributed by atoms with Crippen molar-refractivity contribution in [2.24, 2.45) is 0 Å². The maximum Gasteiger partial charge on any atom is 0.255 e. The smallest absolute Gasteiger partial charge is 0.255 e. The van der Waals surface area contributed by atoms with Crippen molar-refractivity contribution in [3.63, 3.8) is 0 Å². The molecule has 3 rings (SSSR count). The summed E-state index contributed by atoms with van der Waals surface area (Å²) in [4.78, 5) is 16.6. The fourth-order valence-corrected chi connectivity index (χ4v) is 3.58. The number of hydrogen-bond acceptors (Lipinski definition) is 2. The van der Waals surface area contributed by atoms with E-state index < -0.39 is 11.6 Å². The highest BCUT2D eigenvalue weighted by atomic mass is 35.5. The Kier molecular flexibility index (Phi) is 3.88. The van der Waals surface area contributed by atoms with Crippen LogP contribution in [0, 0.1) is 11.6 Å². The zero-order valence-corrected chi connectivity index (χ0v) is 12.5. The molecule has 0 unspecified atom stereocenters. The molecule has 1 amide bonds. The standard InChI is InChI=1S/C15H17ClF2N2O/c1-19-9-2-3-10(19)8-20(5-4-9)15(21)11-6-13(17)14(18)7-12(11)16/h6-7,9-10H,2-5,8H2,1H3/t9-,10+/m0/s1. The molecule has 0 aromatic heterocycles. The summed E-state index contributed by atoms with van der Waals surface area (Å²) in [5.74, 6) is -2.40. The Morgan fingerprint density at radius 3 is 2.62 bits per heavy atom. The van der Waals surface area contributed by atoms with Gasteiger partial charge in [0.15, 0.2) is 11.6 Å². The summed E-state index contributed by atoms with van der Waals surface area (Å²) in [7, 11) is 2.08. The minimum Gasteiger partial charge on any atom is -0.337 e. The van der Waals surface area contributed by atoms with E-state index in [0.717, 1.165) is 31.4 Å². The number of nitrogens with zero attached hydrogens (tertiary/aromatic N) is 2. The Labute approximate surface area is 127 Å². The maximum absolute atomic E-state index is 13.4. The lowest BCUT2D eigenvalue weighted by atomic mass is 10.1. The van der Waals surface area contributed by atoms with Crippen LogP contribution in [0.3, 0.4) is 0 Å². The molecule has 0 N–H and O–H groups in total. The number of hydrogen-bond donors (Lipinski definition) is 0. The predicted octanol–water partition coefficient (Wildman–Crippen LogP) is 2.93. The molecule has 114 valence electrons. The first kappa shape index (κ1) is 14.7. The van der Waals surface area contributed by atoms with Crippen LogP contribution in [0.25, 0.3) is 0 Å². The van der Waals surface area contributed by atoms with E-state index in [1.807, 2.05) is 0 Å². The summed E-state index contributed by atoms with van der Waals surface area (Å²) in [6.45, 7) is 1.24. The molecule has 0 saturated carbocycles. The van der Waals surface area contributed by atoms with Crippen LogP contribution in [-0.4, -0.2) is 47.9 Å². The third-order valence-electron chi connectivity index (χ3n) is 4.68. The fourth-order valence-electron chi connectivity index (χ4n) is 3.35. The van der Waals surface area contributed by atoms with Gasteiger partial charge in [-0.25, -0.2) is 8.78 Å². The van der Waals surface area contributed by atoms with Crippen molar-refractivity contribution in [3.8, 4) is 0 Å². The predicted molar refractivity (Wildman–Crippen MR) is 76.5 cm³/mol. The van der Waals surface area contributed by atoms with Gasteiger partial charge in [-0.3, -0.25) is 9.69 Å². The van der Waals surface area contributed by atoms with Gasteiger partial charge in [0.05, 0.1) is 10.6 Å². The molecule has 0 radical (unpaired) electrons. The first-order valence-electron chi connectivity index (χ1n) is 7.13. The van der Waals surface area contributed by atoms with Crippen molar-refractivity contribution in [3.05, 3.63) is 34.4 Å². The molecule has 2 bridgehead atoms. The molecule has 2 heterocycles. The number of benzene rings is 1. The number of fused-ring (bicyclic) bond motifs is 2. The lowest BCUT2D eigenvalue weighted by Gasteiger charge is -2.26. The van der Waals surface area contributed by atoms with Crippen molar-refractivity contribution in [2.75, 3.05) is 20.1 Å². The number of carbonyl (C=O) groups excluding carboxylic acids is 1. The average molecular weight is 315 g/mol. The van der Waals surface area contributed by atoms with Crippen molar-refractivity contribution in [1.82, 2.24) is 9.80 Å². The first-order valence-corrected chi connectivity index (χ1v) is 7.51. The lowest BCUT2D eigenvalue weighted by molar-refractivity contribution is 0.0740. The van der Waals surface area contributed by atoms with Gasteiger partial charge in [0, 0.05) is 25.2 Å². The first-order chi connectivity index (χ1) is 9.97. The molecule has 0 aliphatic carbocycles. The number of likely N-dealkylation sites (tertiary alicyclic amines) is 1. The molecule has 0 spiro atoms. The Balaban J connectivity index is 1.84. The van der Waals surface area contributed by atoms with Gasteiger partial charge < -0.3 is 4.90 Å². The Morgan fingerprint density at radius 2 is 1.86 bits per heavy atom. The summed E-state index contributed by atoms with van der Waals surface area (Å²) < 4.78 is 26.5. The van der Waals surface area contributed by atoms with E-state index in [1.165, 1.54) is 0 Å². The highest BCUT2D eigenvalue weighted by Crippen LogP contribution is 2.30. The highest BCUT2D eigenvalue weighted by molar-refractivity contribution is 6.33. The summed E-state index contributed by atoms with van der Waals surface area (Å²) in [6, 6.07) is 2.60. The molecule has 3 nitrogen and oxygen atoms in total. The topological polar surface area (TPSA) is 23.6 Å². The molecule has 2 aliphatic rings. The van der Waals surface area contributed by atoms with Gasteiger partial charge in [0.1, 0.15) is 0 Å². The summed E-state index contributed by atoms with van der Waals surface area (Å²) in [6.07, 6.45) is 3.13. The van der Waals surface area contributed by atoms with Crippen molar-refractivity contribution >= 4 is 17.5 Å². The molecule has 2 saturated heterocycles. The van der Waals surface area contributed by atoms with Gasteiger partial charge in [-0.05, 0) is 38.4 Å². The second kappa shape index (κ2) is 5.54. The second-order valence-electron chi connectivity index (χ2n) is 5.84. The normalized spacial score (nSPS) is 26.0. The maximum atomic E-state index is 13.4. The zero-order valence-electron chi connectivity index (χ0n) is 11.8. The summed E-state index contributed by atoms with van der Waals surface area (Å²) in [5.41, 5.74) is 0.0380. The molecule has 2 atom stereocenters. The van der Waals surface area contributed by atoms with Crippen molar-refractivity contribution in [2.45, 2.75) is 31.3 Å². The van der Waals surface area contributed by atoms with Gasteiger partial charge in [0.2, 0.25) is 0 Å². The monoisotopic (exact) mass is 314 g/mol. The molecule has 21 heavy (non-hydrogen) atoms. The molecular weight excluding hydrogens is 298 g/mol. The molecule has 2 fully saturated rings. The number of carbonyl (C=O) groups is 1. The van der Waals surface area contributed by atoms with Crippen LogP contribution in [0.4, 0.5) is 8.78 Å². The van der Waals surface area contributed by atoms with E-state index in [0.29, 0.717) is 25.2 Å². The van der Waals surface area contributed by atoms with Crippen molar-refractivity contribution in [1.29, 1.82) is 0 Å². The van der Waals surface area contributed by atoms with Crippen LogP contribution in [0.15, 0.2) is 12.1 Å². The average Bonchev–Trinajstić information content (AvgIpc) is 2.67. The van der Waals surface area contributed by atoms with Gasteiger partial charge in [0.25, 0.3) is 5.91 Å². The van der Waals surface area contributed by atoms with Crippen LogP contribution < -0.4 is 0 Å². The quantitative estimate of drug-likeness (QED) is 0.744. The van der Waals surface area contributed by atoms with E-state index in [-0.39, 0.29) is 16.5 Å². The van der Waals surface area contributed by atoms with Gasteiger partial charge >= 0.3 is 0 Å². The number of halogens is 3. The minimum atomic E-state index is -1.05. The molecule has 1 aromatic rings. The minimum absolute atomic E-state index is 0.0380. The Bertz CT molecular complexity index is 581. The van der Waals surface area contributed by atoms with E-state index in [2.05, 4.69) is 11.9 Å². The third-order valence-corrected chi connectivity index (χ3v) is 4.99. The molecule has 2 aliphatic heterocycles. The fraction of sp³-hybridized carbons (Fsp3) is 0.533. The number of amides is 1. The van der Waals surface area contributed by atoms with Crippen LogP contribution in [0.5, 0.6) is 0 Å². The molecule has 6 heteroatoms. The Hall–Kier alpha value is -1.20. The van der Waals surface area contributed by atoms with Crippen LogP contribution >= 0.6 is 11.6 Å². The number of rotatable bonds is 1. The largest absolute Gasteiger partial charge is 0.337 e. The third kappa shape index (κ3) is 2.64. The highest BCUT2D eigenvalue weighted by Gasteiger charge is 2.36.